The first-order valence-corrected chi connectivity index (χ1v) is 7.74. The van der Waals surface area contributed by atoms with Crippen LogP contribution in [0, 0.1) is 0 Å². The van der Waals surface area contributed by atoms with Crippen LogP contribution in [0.3, 0.4) is 0 Å². The van der Waals surface area contributed by atoms with Gasteiger partial charge in [-0.3, -0.25) is 4.68 Å². The predicted octanol–water partition coefficient (Wildman–Crippen LogP) is 0.213. The summed E-state index contributed by atoms with van der Waals surface area (Å²) in [6.07, 6.45) is 4.19. The van der Waals surface area contributed by atoms with E-state index in [0.717, 1.165) is 6.26 Å². The Morgan fingerprint density at radius 3 is 2.83 bits per heavy atom. The smallest absolute Gasteiger partial charge is 0.162 e. The van der Waals surface area contributed by atoms with E-state index in [2.05, 4.69) is 5.10 Å². The number of nitrogens with zero attached hydrogens (tertiary/aromatic N) is 2. The maximum absolute atomic E-state index is 11.8. The molecule has 1 heterocycles. The molecule has 0 amide bonds. The summed E-state index contributed by atoms with van der Waals surface area (Å²) >= 11 is 0. The van der Waals surface area contributed by atoms with Gasteiger partial charge in [-0.15, -0.1) is 0 Å². The van der Waals surface area contributed by atoms with Crippen molar-refractivity contribution in [2.45, 2.75) is 30.1 Å². The van der Waals surface area contributed by atoms with Crippen LogP contribution < -0.4 is 4.74 Å². The Morgan fingerprint density at radius 2 is 2.28 bits per heavy atom. The first kappa shape index (κ1) is 13.4. The van der Waals surface area contributed by atoms with Crippen molar-refractivity contribution in [2.75, 3.05) is 13.4 Å². The number of aryl methyl sites for hydroxylation is 1. The minimum Gasteiger partial charge on any atom is -0.493 e. The van der Waals surface area contributed by atoms with E-state index < -0.39 is 20.7 Å². The van der Waals surface area contributed by atoms with Crippen LogP contribution in [-0.2, 0) is 22.5 Å². The Bertz CT molecular complexity index is 551. The normalized spacial score (nSPS) is 28.6. The van der Waals surface area contributed by atoms with Crippen LogP contribution >= 0.6 is 0 Å². The molecule has 2 atom stereocenters. The maximum atomic E-state index is 11.8. The van der Waals surface area contributed by atoms with Gasteiger partial charge in [0.25, 0.3) is 0 Å². The molecule has 0 radical (unpaired) electrons. The lowest BCUT2D eigenvalue weighted by Gasteiger charge is -2.29. The highest BCUT2D eigenvalue weighted by atomic mass is 32.2. The van der Waals surface area contributed by atoms with Gasteiger partial charge in [-0.1, -0.05) is 0 Å². The molecule has 0 aromatic carbocycles. The standard InChI is InChI=1S/C11H18N2O4S/c1-13-10(8(17-2)7-12-13)11(14)6-4-5-9(11)18(3,15)16/h7,9,14H,4-6H2,1-3H3. The van der Waals surface area contributed by atoms with Crippen molar-refractivity contribution in [3.63, 3.8) is 0 Å². The molecule has 1 fully saturated rings. The van der Waals surface area contributed by atoms with Gasteiger partial charge in [-0.2, -0.15) is 5.10 Å². The SMILES string of the molecule is COc1cnn(C)c1C1(O)CCCC1S(C)(=O)=O. The van der Waals surface area contributed by atoms with E-state index in [-0.39, 0.29) is 0 Å². The number of aliphatic hydroxyl groups is 1. The second kappa shape index (κ2) is 4.24. The van der Waals surface area contributed by atoms with Gasteiger partial charge < -0.3 is 9.84 Å². The van der Waals surface area contributed by atoms with Crippen molar-refractivity contribution in [1.29, 1.82) is 0 Å². The monoisotopic (exact) mass is 274 g/mol. The highest BCUT2D eigenvalue weighted by Gasteiger charge is 2.51. The lowest BCUT2D eigenvalue weighted by molar-refractivity contribution is 0.0367. The molecule has 1 aromatic rings. The summed E-state index contributed by atoms with van der Waals surface area (Å²) in [5.41, 5.74) is -0.970. The largest absolute Gasteiger partial charge is 0.493 e. The first-order chi connectivity index (χ1) is 8.30. The van der Waals surface area contributed by atoms with Gasteiger partial charge in [-0.05, 0) is 19.3 Å². The lowest BCUT2D eigenvalue weighted by atomic mass is 9.97. The number of sulfone groups is 1. The molecule has 2 rings (SSSR count). The van der Waals surface area contributed by atoms with Crippen molar-refractivity contribution in [3.8, 4) is 5.75 Å². The summed E-state index contributed by atoms with van der Waals surface area (Å²) < 4.78 is 30.3. The lowest BCUT2D eigenvalue weighted by Crippen LogP contribution is -2.41. The van der Waals surface area contributed by atoms with Crippen molar-refractivity contribution in [1.82, 2.24) is 9.78 Å². The molecule has 1 aliphatic rings. The topological polar surface area (TPSA) is 81.4 Å². The average Bonchev–Trinajstić information content (AvgIpc) is 2.81. The van der Waals surface area contributed by atoms with Gasteiger partial charge in [0, 0.05) is 13.3 Å². The molecule has 0 bridgehead atoms. The Hall–Kier alpha value is -1.08. The van der Waals surface area contributed by atoms with Crippen molar-refractivity contribution < 1.29 is 18.3 Å². The number of ether oxygens (including phenoxy) is 1. The third kappa shape index (κ3) is 1.91. The molecule has 0 aliphatic heterocycles. The molecule has 1 N–H and O–H groups in total. The van der Waals surface area contributed by atoms with Crippen LogP contribution in [0.25, 0.3) is 0 Å². The predicted molar refractivity (Wildman–Crippen MR) is 66.1 cm³/mol. The maximum Gasteiger partial charge on any atom is 0.162 e. The highest BCUT2D eigenvalue weighted by Crippen LogP contribution is 2.45. The Kier molecular flexibility index (Phi) is 3.14. The molecular formula is C11H18N2O4S. The quantitative estimate of drug-likeness (QED) is 0.852. The zero-order chi connectivity index (χ0) is 13.6. The first-order valence-electron chi connectivity index (χ1n) is 5.78. The number of hydrogen-bond acceptors (Lipinski definition) is 5. The average molecular weight is 274 g/mol. The molecule has 1 aliphatic carbocycles. The minimum atomic E-state index is -3.32. The molecule has 2 unspecified atom stereocenters. The number of aromatic nitrogens is 2. The molecular weight excluding hydrogens is 256 g/mol. The van der Waals surface area contributed by atoms with E-state index in [1.165, 1.54) is 18.0 Å². The summed E-state index contributed by atoms with van der Waals surface area (Å²) in [4.78, 5) is 0. The van der Waals surface area contributed by atoms with Gasteiger partial charge >= 0.3 is 0 Å². The summed E-state index contributed by atoms with van der Waals surface area (Å²) in [7, 11) is -0.170. The molecule has 1 aromatic heterocycles. The number of hydrogen-bond donors (Lipinski definition) is 1. The summed E-state index contributed by atoms with van der Waals surface area (Å²) in [5, 5.41) is 14.1. The van der Waals surface area contributed by atoms with E-state index in [1.54, 1.807) is 7.05 Å². The van der Waals surface area contributed by atoms with Crippen LogP contribution in [0.1, 0.15) is 25.0 Å². The van der Waals surface area contributed by atoms with Gasteiger partial charge in [0.2, 0.25) is 0 Å². The van der Waals surface area contributed by atoms with E-state index >= 15 is 0 Å². The van der Waals surface area contributed by atoms with Gasteiger partial charge in [0.05, 0.1) is 18.6 Å². The van der Waals surface area contributed by atoms with E-state index in [0.29, 0.717) is 30.7 Å². The molecule has 1 saturated carbocycles. The van der Waals surface area contributed by atoms with Crippen molar-refractivity contribution >= 4 is 9.84 Å². The van der Waals surface area contributed by atoms with Gasteiger partial charge in [0.15, 0.2) is 15.6 Å². The zero-order valence-corrected chi connectivity index (χ0v) is 11.6. The van der Waals surface area contributed by atoms with Crippen LogP contribution in [0.15, 0.2) is 6.20 Å². The highest BCUT2D eigenvalue weighted by molar-refractivity contribution is 7.91. The summed E-state index contributed by atoms with van der Waals surface area (Å²) in [6.45, 7) is 0. The van der Waals surface area contributed by atoms with E-state index in [4.69, 9.17) is 4.74 Å². The minimum absolute atomic E-state index is 0.403. The molecule has 0 saturated heterocycles. The summed E-state index contributed by atoms with van der Waals surface area (Å²) in [5.74, 6) is 0.426. The Labute approximate surface area is 106 Å². The fourth-order valence-electron chi connectivity index (χ4n) is 2.86. The zero-order valence-electron chi connectivity index (χ0n) is 10.8. The van der Waals surface area contributed by atoms with Gasteiger partial charge in [-0.25, -0.2) is 8.42 Å². The molecule has 6 nitrogen and oxygen atoms in total. The second-order valence-corrected chi connectivity index (χ2v) is 7.05. The summed E-state index contributed by atoms with van der Waals surface area (Å²) in [6, 6.07) is 0. The molecule has 18 heavy (non-hydrogen) atoms. The third-order valence-electron chi connectivity index (χ3n) is 3.61. The van der Waals surface area contributed by atoms with E-state index in [9.17, 15) is 13.5 Å². The van der Waals surface area contributed by atoms with Crippen LogP contribution in [-0.4, -0.2) is 41.9 Å². The fourth-order valence-corrected chi connectivity index (χ4v) is 4.39. The third-order valence-corrected chi connectivity index (χ3v) is 5.27. The van der Waals surface area contributed by atoms with Crippen molar-refractivity contribution in [3.05, 3.63) is 11.9 Å². The number of rotatable bonds is 3. The molecule has 7 heteroatoms. The van der Waals surface area contributed by atoms with Crippen LogP contribution in [0.2, 0.25) is 0 Å². The van der Waals surface area contributed by atoms with Crippen LogP contribution in [0.5, 0.6) is 5.75 Å². The fraction of sp³-hybridized carbons (Fsp3) is 0.727. The Balaban J connectivity index is 2.57. The molecule has 102 valence electrons. The number of methoxy groups -OCH3 is 1. The van der Waals surface area contributed by atoms with Crippen LogP contribution in [0.4, 0.5) is 0 Å². The van der Waals surface area contributed by atoms with Crippen molar-refractivity contribution in [2.24, 2.45) is 7.05 Å². The Morgan fingerprint density at radius 1 is 1.61 bits per heavy atom. The second-order valence-electron chi connectivity index (χ2n) is 4.82. The van der Waals surface area contributed by atoms with E-state index in [1.807, 2.05) is 0 Å². The van der Waals surface area contributed by atoms with Gasteiger partial charge in [0.1, 0.15) is 11.3 Å². The molecule has 0 spiro atoms.